The molecular formula is C39H63N11O6. The summed E-state index contributed by atoms with van der Waals surface area (Å²) in [7, 11) is 1.53. The van der Waals surface area contributed by atoms with Crippen LogP contribution < -0.4 is 26.0 Å². The number of amides is 4. The van der Waals surface area contributed by atoms with Crippen LogP contribution in [0.1, 0.15) is 143 Å². The number of ether oxygens (including phenoxy) is 1. The molecule has 0 atom stereocenters. The second-order valence-electron chi connectivity index (χ2n) is 14.8. The van der Waals surface area contributed by atoms with Crippen molar-refractivity contribution < 1.29 is 28.4 Å². The van der Waals surface area contributed by atoms with Gasteiger partial charge < -0.3 is 30.5 Å². The fourth-order valence-electron chi connectivity index (χ4n) is 4.95. The van der Waals surface area contributed by atoms with E-state index in [4.69, 9.17) is 4.74 Å². The van der Waals surface area contributed by atoms with Gasteiger partial charge in [-0.3, -0.25) is 33.2 Å². The number of hydrogen-bond donors (Lipinski definition) is 4. The van der Waals surface area contributed by atoms with E-state index in [0.717, 1.165) is 18.0 Å². The number of nitrogens with zero attached hydrogens (tertiary/aromatic N) is 7. The number of aryl methyl sites for hydroxylation is 2. The van der Waals surface area contributed by atoms with E-state index in [1.807, 2.05) is 80.8 Å². The molecule has 0 spiro atoms. The summed E-state index contributed by atoms with van der Waals surface area (Å²) >= 11 is 0. The second kappa shape index (κ2) is 22.8. The van der Waals surface area contributed by atoms with Crippen LogP contribution in [-0.4, -0.2) is 89.4 Å². The summed E-state index contributed by atoms with van der Waals surface area (Å²) < 4.78 is 14.9. The molecule has 56 heavy (non-hydrogen) atoms. The number of hydrogen-bond acceptors (Lipinski definition) is 10. The van der Waals surface area contributed by atoms with Crippen LogP contribution in [0, 0.1) is 12.8 Å². The lowest BCUT2D eigenvalue weighted by atomic mass is 10.2. The summed E-state index contributed by atoms with van der Waals surface area (Å²) in [6, 6.07) is 4.26. The molecule has 1 fully saturated rings. The van der Waals surface area contributed by atoms with Gasteiger partial charge in [-0.1, -0.05) is 5.16 Å². The summed E-state index contributed by atoms with van der Waals surface area (Å²) in [5, 5.41) is 27.2. The first-order valence-corrected chi connectivity index (χ1v) is 19.2. The van der Waals surface area contributed by atoms with Gasteiger partial charge in [0.15, 0.2) is 17.1 Å². The Hall–Kier alpha value is -5.48. The number of aromatic nitrogens is 7. The minimum Gasteiger partial charge on any atom is -0.493 e. The van der Waals surface area contributed by atoms with Crippen LogP contribution >= 0.6 is 0 Å². The van der Waals surface area contributed by atoms with Gasteiger partial charge in [0.1, 0.15) is 17.7 Å². The molecule has 17 heteroatoms. The lowest BCUT2D eigenvalue weighted by molar-refractivity contribution is 0.0920. The Morgan fingerprint density at radius 1 is 0.750 bits per heavy atom. The van der Waals surface area contributed by atoms with Gasteiger partial charge in [-0.25, -0.2) is 0 Å². The first-order chi connectivity index (χ1) is 26.4. The maximum Gasteiger partial charge on any atom is 0.273 e. The zero-order valence-electron chi connectivity index (χ0n) is 35.3. The Bertz CT molecular complexity index is 1790. The van der Waals surface area contributed by atoms with E-state index in [2.05, 4.69) is 46.2 Å². The molecule has 4 aromatic rings. The fourth-order valence-corrected chi connectivity index (χ4v) is 4.95. The molecule has 4 heterocycles. The Morgan fingerprint density at radius 3 is 1.75 bits per heavy atom. The molecule has 0 saturated heterocycles. The van der Waals surface area contributed by atoms with Crippen molar-refractivity contribution in [2.45, 2.75) is 139 Å². The SMILES string of the molecule is CC(C)NC(=O)c1ccnn1C(C)C.CC(C)NC(=O)c1ccnn1CC1CC1.CCn1ncc(OC)c1C(=O)NC(C)C.Cc1conc1C(=O)NC(C)C. The molecule has 1 saturated carbocycles. The third-order valence-corrected chi connectivity index (χ3v) is 7.65. The van der Waals surface area contributed by atoms with Crippen molar-refractivity contribution in [3.8, 4) is 5.75 Å². The molecule has 4 aromatic heterocycles. The first-order valence-electron chi connectivity index (χ1n) is 19.2. The topological polar surface area (TPSA) is 205 Å². The van der Waals surface area contributed by atoms with Gasteiger partial charge in [0.05, 0.1) is 13.3 Å². The molecule has 0 bridgehead atoms. The zero-order valence-corrected chi connectivity index (χ0v) is 35.3. The van der Waals surface area contributed by atoms with Crippen LogP contribution in [0.4, 0.5) is 0 Å². The zero-order chi connectivity index (χ0) is 42.1. The molecule has 0 aromatic carbocycles. The fraction of sp³-hybridized carbons (Fsp3) is 0.590. The number of nitrogens with one attached hydrogen (secondary N) is 4. The van der Waals surface area contributed by atoms with Crippen molar-refractivity contribution in [1.82, 2.24) is 55.8 Å². The standard InChI is InChI=1S/C11H17N3O.C10H17N3O2.C10H17N3O.C8H12N2O2/c1-8(2)13-11(15)10-5-6-12-14(10)7-9-3-4-9;1-5-13-9(8(15-4)6-11-13)10(14)12-7(2)3;1-7(2)12-10(14)9-5-6-11-13(9)8(3)4;1-5(2)9-8(11)7-6(3)4-12-10-7/h5-6,8-9H,3-4,7H2,1-2H3,(H,13,15);6-7H,5H2,1-4H3,(H,12,14);5-8H,1-4H3,(H,12,14);4-5H,1-3H3,(H,9,11). The third kappa shape index (κ3) is 15.3. The Labute approximate surface area is 330 Å². The van der Waals surface area contributed by atoms with Crippen molar-refractivity contribution in [3.63, 3.8) is 0 Å². The molecular weight excluding hydrogens is 718 g/mol. The Kier molecular flexibility index (Phi) is 19.0. The van der Waals surface area contributed by atoms with Crippen molar-refractivity contribution in [2.75, 3.05) is 7.11 Å². The van der Waals surface area contributed by atoms with Crippen LogP contribution in [0.25, 0.3) is 0 Å². The number of carbonyl (C=O) groups excluding carboxylic acids is 4. The van der Waals surface area contributed by atoms with E-state index in [1.165, 1.54) is 26.2 Å². The molecule has 1 aliphatic carbocycles. The molecule has 1 aliphatic rings. The van der Waals surface area contributed by atoms with Crippen LogP contribution in [0.3, 0.4) is 0 Å². The monoisotopic (exact) mass is 781 g/mol. The number of rotatable bonds is 13. The van der Waals surface area contributed by atoms with E-state index in [0.29, 0.717) is 35.1 Å². The summed E-state index contributed by atoms with van der Waals surface area (Å²) in [4.78, 5) is 46.6. The summed E-state index contributed by atoms with van der Waals surface area (Å²) in [5.41, 5.74) is 2.90. The Morgan fingerprint density at radius 2 is 1.27 bits per heavy atom. The molecule has 5 rings (SSSR count). The minimum absolute atomic E-state index is 0.0249. The average Bonchev–Trinajstić information content (AvgIpc) is 3.54. The van der Waals surface area contributed by atoms with Gasteiger partial charge in [0.25, 0.3) is 23.6 Å². The lowest BCUT2D eigenvalue weighted by Gasteiger charge is -2.12. The Balaban J connectivity index is 0.000000259. The molecule has 4 amide bonds. The highest BCUT2D eigenvalue weighted by Gasteiger charge is 2.24. The quantitative estimate of drug-likeness (QED) is 0.139. The van der Waals surface area contributed by atoms with Crippen LogP contribution in [0.15, 0.2) is 41.5 Å². The van der Waals surface area contributed by atoms with E-state index < -0.39 is 0 Å². The summed E-state index contributed by atoms with van der Waals surface area (Å²) in [6.07, 6.45) is 8.89. The normalized spacial score (nSPS) is 12.0. The van der Waals surface area contributed by atoms with E-state index in [9.17, 15) is 19.2 Å². The molecule has 0 unspecified atom stereocenters. The number of methoxy groups -OCH3 is 1. The largest absolute Gasteiger partial charge is 0.493 e. The van der Waals surface area contributed by atoms with Crippen molar-refractivity contribution in [1.29, 1.82) is 0 Å². The lowest BCUT2D eigenvalue weighted by Crippen LogP contribution is -2.32. The van der Waals surface area contributed by atoms with Crippen LogP contribution in [0.5, 0.6) is 5.75 Å². The molecule has 0 aliphatic heterocycles. The van der Waals surface area contributed by atoms with Gasteiger partial charge in [0, 0.05) is 61.3 Å². The molecule has 4 N–H and O–H groups in total. The molecule has 17 nitrogen and oxygen atoms in total. The summed E-state index contributed by atoms with van der Waals surface area (Å²) in [6.45, 7) is 24.6. The van der Waals surface area contributed by atoms with Crippen molar-refractivity contribution >= 4 is 23.6 Å². The van der Waals surface area contributed by atoms with E-state index in [1.54, 1.807) is 47.0 Å². The highest BCUT2D eigenvalue weighted by molar-refractivity contribution is 5.95. The van der Waals surface area contributed by atoms with Crippen LogP contribution in [-0.2, 0) is 13.1 Å². The van der Waals surface area contributed by atoms with Gasteiger partial charge in [0.2, 0.25) is 0 Å². The van der Waals surface area contributed by atoms with Gasteiger partial charge >= 0.3 is 0 Å². The summed E-state index contributed by atoms with van der Waals surface area (Å²) in [5.74, 6) is 0.817. The highest BCUT2D eigenvalue weighted by Crippen LogP contribution is 2.30. The minimum atomic E-state index is -0.184. The van der Waals surface area contributed by atoms with E-state index >= 15 is 0 Å². The number of carbonyl (C=O) groups is 4. The van der Waals surface area contributed by atoms with E-state index in [-0.39, 0.29) is 53.8 Å². The van der Waals surface area contributed by atoms with Gasteiger partial charge in [-0.15, -0.1) is 0 Å². The smallest absolute Gasteiger partial charge is 0.273 e. The molecule has 0 radical (unpaired) electrons. The first kappa shape index (κ1) is 46.7. The maximum atomic E-state index is 11.8. The predicted molar refractivity (Wildman–Crippen MR) is 214 cm³/mol. The third-order valence-electron chi connectivity index (χ3n) is 7.65. The maximum absolute atomic E-state index is 11.8. The average molecular weight is 782 g/mol. The highest BCUT2D eigenvalue weighted by atomic mass is 16.5. The molecule has 310 valence electrons. The van der Waals surface area contributed by atoms with Gasteiger partial charge in [-0.05, 0) is 114 Å². The second-order valence-corrected chi connectivity index (χ2v) is 14.8. The van der Waals surface area contributed by atoms with Gasteiger partial charge in [-0.2, -0.15) is 15.3 Å². The van der Waals surface area contributed by atoms with Crippen molar-refractivity contribution in [2.24, 2.45) is 5.92 Å². The van der Waals surface area contributed by atoms with Crippen molar-refractivity contribution in [3.05, 3.63) is 65.3 Å². The predicted octanol–water partition coefficient (Wildman–Crippen LogP) is 5.20. The van der Waals surface area contributed by atoms with Crippen LogP contribution in [0.2, 0.25) is 0 Å².